The van der Waals surface area contributed by atoms with Crippen LogP contribution in [-0.2, 0) is 20.9 Å². The molecule has 0 fully saturated rings. The second-order valence-electron chi connectivity index (χ2n) is 6.73. The maximum Gasteiger partial charge on any atom is 0.328 e. The number of fused-ring (bicyclic) bond motifs is 3. The molecule has 1 atom stereocenters. The van der Waals surface area contributed by atoms with Crippen molar-refractivity contribution in [1.82, 2.24) is 14.9 Å². The number of methoxy groups -OCH3 is 1. The number of carbonyl (C=O) groups excluding carboxylic acids is 2. The molecule has 8 nitrogen and oxygen atoms in total. The van der Waals surface area contributed by atoms with E-state index >= 15 is 0 Å². The molecular weight excluding hydrogens is 350 g/mol. The lowest BCUT2D eigenvalue weighted by molar-refractivity contribution is -0.145. The molecule has 27 heavy (non-hydrogen) atoms. The quantitative estimate of drug-likeness (QED) is 0.663. The molecule has 0 saturated carbocycles. The van der Waals surface area contributed by atoms with Crippen LogP contribution in [0, 0.1) is 5.92 Å². The Kier molecular flexibility index (Phi) is 5.25. The summed E-state index contributed by atoms with van der Waals surface area (Å²) in [6.45, 7) is 3.60. The highest BCUT2D eigenvalue weighted by Gasteiger charge is 2.23. The van der Waals surface area contributed by atoms with E-state index in [0.29, 0.717) is 17.5 Å². The predicted octanol–water partition coefficient (Wildman–Crippen LogP) is 1.85. The van der Waals surface area contributed by atoms with Crippen LogP contribution in [0.3, 0.4) is 0 Å². The zero-order valence-corrected chi connectivity index (χ0v) is 15.4. The van der Waals surface area contributed by atoms with Crippen molar-refractivity contribution in [2.45, 2.75) is 32.9 Å². The molecule has 8 heteroatoms. The number of rotatable bonds is 6. The highest BCUT2D eigenvalue weighted by Crippen LogP contribution is 2.23. The average Bonchev–Trinajstić information content (AvgIpc) is 3.02. The standard InChI is InChI=1S/C19H21N3O5/c1-11(2)8-13(19(25)26-3)21-15(23)9-22-10-20-16-12-6-4-5-7-14(12)27-17(16)18(22)24/h4-7,10-11,13H,8-9H2,1-3H3,(H,21,23). The molecule has 1 aromatic carbocycles. The van der Waals surface area contributed by atoms with Crippen molar-refractivity contribution < 1.29 is 18.7 Å². The van der Waals surface area contributed by atoms with E-state index in [1.54, 1.807) is 12.1 Å². The number of benzene rings is 1. The summed E-state index contributed by atoms with van der Waals surface area (Å²) in [5, 5.41) is 3.36. The summed E-state index contributed by atoms with van der Waals surface area (Å²) in [5.74, 6) is -0.814. The summed E-state index contributed by atoms with van der Waals surface area (Å²) in [6, 6.07) is 6.44. The lowest BCUT2D eigenvalue weighted by Crippen LogP contribution is -2.44. The van der Waals surface area contributed by atoms with E-state index in [1.807, 2.05) is 26.0 Å². The van der Waals surface area contributed by atoms with Gasteiger partial charge in [0.1, 0.15) is 23.7 Å². The second kappa shape index (κ2) is 7.61. The Morgan fingerprint density at radius 3 is 2.74 bits per heavy atom. The monoisotopic (exact) mass is 371 g/mol. The van der Waals surface area contributed by atoms with Crippen LogP contribution < -0.4 is 10.9 Å². The molecule has 3 rings (SSSR count). The van der Waals surface area contributed by atoms with Crippen LogP contribution in [0.1, 0.15) is 20.3 Å². The predicted molar refractivity (Wildman–Crippen MR) is 99.2 cm³/mol. The number of amides is 1. The average molecular weight is 371 g/mol. The molecular formula is C19H21N3O5. The van der Waals surface area contributed by atoms with Crippen molar-refractivity contribution in [2.24, 2.45) is 5.92 Å². The first kappa shape index (κ1) is 18.6. The number of nitrogens with zero attached hydrogens (tertiary/aromatic N) is 2. The lowest BCUT2D eigenvalue weighted by atomic mass is 10.0. The molecule has 0 radical (unpaired) electrons. The largest absolute Gasteiger partial charge is 0.467 e. The van der Waals surface area contributed by atoms with E-state index in [9.17, 15) is 14.4 Å². The Morgan fingerprint density at radius 1 is 1.30 bits per heavy atom. The minimum absolute atomic E-state index is 0.0956. The molecule has 142 valence electrons. The maximum atomic E-state index is 12.6. The van der Waals surface area contributed by atoms with E-state index < -0.39 is 23.5 Å². The fraction of sp³-hybridized carbons (Fsp3) is 0.368. The smallest absolute Gasteiger partial charge is 0.328 e. The van der Waals surface area contributed by atoms with Crippen molar-refractivity contribution >= 4 is 33.9 Å². The minimum atomic E-state index is -0.763. The van der Waals surface area contributed by atoms with Crippen molar-refractivity contribution in [3.8, 4) is 0 Å². The van der Waals surface area contributed by atoms with Gasteiger partial charge in [0.15, 0.2) is 0 Å². The fourth-order valence-electron chi connectivity index (χ4n) is 2.95. The Balaban J connectivity index is 1.84. The number of para-hydroxylation sites is 1. The van der Waals surface area contributed by atoms with Crippen LogP contribution >= 0.6 is 0 Å². The molecule has 0 aliphatic heterocycles. The van der Waals surface area contributed by atoms with Gasteiger partial charge in [-0.25, -0.2) is 9.78 Å². The molecule has 1 amide bonds. The van der Waals surface area contributed by atoms with Gasteiger partial charge in [-0.05, 0) is 24.5 Å². The molecule has 0 aliphatic rings. The summed E-state index contributed by atoms with van der Waals surface area (Å²) in [4.78, 5) is 41.1. The third-order valence-electron chi connectivity index (χ3n) is 4.19. The second-order valence-corrected chi connectivity index (χ2v) is 6.73. The van der Waals surface area contributed by atoms with Gasteiger partial charge >= 0.3 is 5.97 Å². The van der Waals surface area contributed by atoms with Crippen LogP contribution in [0.15, 0.2) is 39.8 Å². The number of hydrogen-bond acceptors (Lipinski definition) is 6. The molecule has 1 unspecified atom stereocenters. The van der Waals surface area contributed by atoms with E-state index in [-0.39, 0.29) is 18.0 Å². The Labute approximate surface area is 155 Å². The molecule has 0 saturated heterocycles. The topological polar surface area (TPSA) is 103 Å². The number of nitrogens with one attached hydrogen (secondary N) is 1. The molecule has 2 aromatic heterocycles. The zero-order chi connectivity index (χ0) is 19.6. The van der Waals surface area contributed by atoms with Crippen LogP contribution in [0.5, 0.6) is 0 Å². The first-order chi connectivity index (χ1) is 12.9. The summed E-state index contributed by atoms with van der Waals surface area (Å²) in [5.41, 5.74) is 0.657. The highest BCUT2D eigenvalue weighted by molar-refractivity contribution is 6.01. The Hall–Kier alpha value is -3.16. The van der Waals surface area contributed by atoms with Crippen LogP contribution in [0.25, 0.3) is 22.1 Å². The van der Waals surface area contributed by atoms with Crippen LogP contribution in [0.4, 0.5) is 0 Å². The Bertz CT molecular complexity index is 1050. The molecule has 2 heterocycles. The van der Waals surface area contributed by atoms with E-state index in [1.165, 1.54) is 13.4 Å². The Morgan fingerprint density at radius 2 is 2.04 bits per heavy atom. The molecule has 0 spiro atoms. The van der Waals surface area contributed by atoms with Crippen molar-refractivity contribution in [3.05, 3.63) is 40.9 Å². The summed E-state index contributed by atoms with van der Waals surface area (Å²) < 4.78 is 11.5. The molecule has 0 bridgehead atoms. The SMILES string of the molecule is COC(=O)C(CC(C)C)NC(=O)Cn1cnc2c(oc3ccccc32)c1=O. The number of furan rings is 1. The lowest BCUT2D eigenvalue weighted by Gasteiger charge is -2.18. The van der Waals surface area contributed by atoms with Crippen molar-refractivity contribution in [3.63, 3.8) is 0 Å². The molecule has 3 aromatic rings. The number of carbonyl (C=O) groups is 2. The summed E-state index contributed by atoms with van der Waals surface area (Å²) in [6.07, 6.45) is 1.75. The highest BCUT2D eigenvalue weighted by atomic mass is 16.5. The fourth-order valence-corrected chi connectivity index (χ4v) is 2.95. The van der Waals surface area contributed by atoms with Gasteiger partial charge in [-0.1, -0.05) is 26.0 Å². The third kappa shape index (κ3) is 3.84. The number of ether oxygens (including phenoxy) is 1. The van der Waals surface area contributed by atoms with Crippen LogP contribution in [-0.4, -0.2) is 34.6 Å². The normalized spacial score (nSPS) is 12.4. The van der Waals surface area contributed by atoms with Gasteiger partial charge in [-0.3, -0.25) is 14.2 Å². The first-order valence-electron chi connectivity index (χ1n) is 8.64. The number of hydrogen-bond donors (Lipinski definition) is 1. The summed E-state index contributed by atoms with van der Waals surface area (Å²) >= 11 is 0. The van der Waals surface area contributed by atoms with Gasteiger partial charge in [0, 0.05) is 5.39 Å². The number of aromatic nitrogens is 2. The minimum Gasteiger partial charge on any atom is -0.467 e. The van der Waals surface area contributed by atoms with E-state index in [0.717, 1.165) is 9.95 Å². The molecule has 0 aliphatic carbocycles. The first-order valence-corrected chi connectivity index (χ1v) is 8.64. The summed E-state index contributed by atoms with van der Waals surface area (Å²) in [7, 11) is 1.27. The van der Waals surface area contributed by atoms with Gasteiger partial charge in [-0.15, -0.1) is 0 Å². The van der Waals surface area contributed by atoms with Crippen molar-refractivity contribution in [1.29, 1.82) is 0 Å². The van der Waals surface area contributed by atoms with Crippen molar-refractivity contribution in [2.75, 3.05) is 7.11 Å². The van der Waals surface area contributed by atoms with E-state index in [2.05, 4.69) is 10.3 Å². The number of esters is 1. The van der Waals surface area contributed by atoms with Gasteiger partial charge in [0.2, 0.25) is 11.5 Å². The molecule has 1 N–H and O–H groups in total. The maximum absolute atomic E-state index is 12.6. The zero-order valence-electron chi connectivity index (χ0n) is 15.4. The van der Waals surface area contributed by atoms with Gasteiger partial charge in [-0.2, -0.15) is 0 Å². The van der Waals surface area contributed by atoms with Gasteiger partial charge in [0.05, 0.1) is 13.4 Å². The van der Waals surface area contributed by atoms with E-state index in [4.69, 9.17) is 9.15 Å². The van der Waals surface area contributed by atoms with Gasteiger partial charge < -0.3 is 14.5 Å². The van der Waals surface area contributed by atoms with Crippen LogP contribution in [0.2, 0.25) is 0 Å². The third-order valence-corrected chi connectivity index (χ3v) is 4.19. The van der Waals surface area contributed by atoms with Gasteiger partial charge in [0.25, 0.3) is 5.56 Å².